The molecule has 1 aliphatic rings. The molecule has 1 saturated heterocycles. The van der Waals surface area contributed by atoms with E-state index in [1.807, 2.05) is 0 Å². The first kappa shape index (κ1) is 4.91. The zero-order valence-corrected chi connectivity index (χ0v) is 4.53. The van der Waals surface area contributed by atoms with Gasteiger partial charge in [0.25, 0.3) is 0 Å². The lowest BCUT2D eigenvalue weighted by Crippen LogP contribution is -2.49. The van der Waals surface area contributed by atoms with Crippen molar-refractivity contribution in [2.24, 2.45) is 5.92 Å². The average Bonchev–Trinajstić information content (AvgIpc) is 1.65. The number of amides is 1. The van der Waals surface area contributed by atoms with Crippen LogP contribution in [0.1, 0.15) is 0 Å². The fourth-order valence-electron chi connectivity index (χ4n) is 0.454. The molecule has 0 aliphatic carbocycles. The van der Waals surface area contributed by atoms with Crippen LogP contribution in [0.25, 0.3) is 0 Å². The lowest BCUT2D eigenvalue weighted by atomic mass is 10.1. The van der Waals surface area contributed by atoms with Crippen molar-refractivity contribution in [1.29, 1.82) is 0 Å². The van der Waals surface area contributed by atoms with Gasteiger partial charge in [-0.05, 0) is 0 Å². The van der Waals surface area contributed by atoms with E-state index in [4.69, 9.17) is 11.6 Å². The van der Waals surface area contributed by atoms with Crippen LogP contribution in [0, 0.1) is 5.92 Å². The Kier molecular flexibility index (Phi) is 1.19. The Bertz CT molecular complexity index is 91.7. The van der Waals surface area contributed by atoms with Gasteiger partial charge >= 0.3 is 0 Å². The van der Waals surface area contributed by atoms with Crippen LogP contribution in [0.15, 0.2) is 0 Å². The molecule has 0 aromatic heterocycles. The third-order valence-corrected chi connectivity index (χ3v) is 1.45. The van der Waals surface area contributed by atoms with Gasteiger partial charge in [-0.1, -0.05) is 0 Å². The minimum absolute atomic E-state index is 0.0926. The fourth-order valence-corrected chi connectivity index (χ4v) is 0.704. The molecular formula is C4H6ClNO. The van der Waals surface area contributed by atoms with Crippen LogP contribution in [0.3, 0.4) is 0 Å². The predicted molar refractivity (Wildman–Crippen MR) is 27.2 cm³/mol. The quantitative estimate of drug-likeness (QED) is 0.381. The Morgan fingerprint density at radius 3 is 2.71 bits per heavy atom. The first-order valence-corrected chi connectivity index (χ1v) is 2.71. The number of β-lactam (4-membered cyclic amide) rings is 1. The zero-order chi connectivity index (χ0) is 5.28. The van der Waals surface area contributed by atoms with Gasteiger partial charge < -0.3 is 5.32 Å². The molecule has 1 unspecified atom stereocenters. The number of halogens is 1. The second kappa shape index (κ2) is 1.70. The van der Waals surface area contributed by atoms with E-state index in [0.717, 1.165) is 6.54 Å². The Labute approximate surface area is 46.8 Å². The molecule has 1 fully saturated rings. The molecule has 0 aromatic carbocycles. The van der Waals surface area contributed by atoms with Crippen molar-refractivity contribution < 1.29 is 4.79 Å². The molecule has 0 saturated carbocycles. The maximum atomic E-state index is 10.3. The van der Waals surface area contributed by atoms with Gasteiger partial charge in [0.1, 0.15) is 0 Å². The molecule has 1 N–H and O–H groups in total. The van der Waals surface area contributed by atoms with E-state index < -0.39 is 0 Å². The Morgan fingerprint density at radius 1 is 2.00 bits per heavy atom. The average molecular weight is 120 g/mol. The molecule has 1 heterocycles. The largest absolute Gasteiger partial charge is 0.355 e. The number of rotatable bonds is 1. The van der Waals surface area contributed by atoms with E-state index >= 15 is 0 Å². The van der Waals surface area contributed by atoms with Crippen LogP contribution in [0.5, 0.6) is 0 Å². The fraction of sp³-hybridized carbons (Fsp3) is 0.750. The second-order valence-electron chi connectivity index (χ2n) is 1.60. The highest BCUT2D eigenvalue weighted by atomic mass is 35.5. The number of carbonyl (C=O) groups excluding carboxylic acids is 1. The molecule has 1 amide bonds. The first-order valence-electron chi connectivity index (χ1n) is 2.18. The molecule has 40 valence electrons. The van der Waals surface area contributed by atoms with Gasteiger partial charge in [0.05, 0.1) is 5.92 Å². The van der Waals surface area contributed by atoms with Crippen LogP contribution in [-0.4, -0.2) is 18.3 Å². The summed E-state index contributed by atoms with van der Waals surface area (Å²) < 4.78 is 0. The predicted octanol–water partition coefficient (Wildman–Crippen LogP) is -0.0288. The number of hydrogen-bond donors (Lipinski definition) is 1. The molecule has 0 bridgehead atoms. The van der Waals surface area contributed by atoms with Gasteiger partial charge in [0, 0.05) is 12.4 Å². The summed E-state index contributed by atoms with van der Waals surface area (Å²) in [5, 5.41) is 2.59. The van der Waals surface area contributed by atoms with Crippen LogP contribution >= 0.6 is 11.6 Å². The van der Waals surface area contributed by atoms with E-state index in [2.05, 4.69) is 5.32 Å². The third kappa shape index (κ3) is 0.703. The van der Waals surface area contributed by atoms with Crippen molar-refractivity contribution in [2.45, 2.75) is 0 Å². The molecule has 0 spiro atoms. The summed E-state index contributed by atoms with van der Waals surface area (Å²) in [5.74, 6) is 0.655. The van der Waals surface area contributed by atoms with Crippen molar-refractivity contribution in [1.82, 2.24) is 5.32 Å². The van der Waals surface area contributed by atoms with Gasteiger partial charge in [-0.15, -0.1) is 11.6 Å². The van der Waals surface area contributed by atoms with Crippen molar-refractivity contribution in [3.63, 3.8) is 0 Å². The highest BCUT2D eigenvalue weighted by Crippen LogP contribution is 2.05. The minimum atomic E-state index is 0.0926. The second-order valence-corrected chi connectivity index (χ2v) is 1.90. The molecule has 1 aliphatic heterocycles. The maximum Gasteiger partial charge on any atom is 0.226 e. The van der Waals surface area contributed by atoms with Gasteiger partial charge in [0.15, 0.2) is 0 Å². The smallest absolute Gasteiger partial charge is 0.226 e. The molecule has 1 rings (SSSR count). The highest BCUT2D eigenvalue weighted by molar-refractivity contribution is 6.19. The minimum Gasteiger partial charge on any atom is -0.355 e. The number of carbonyl (C=O) groups is 1. The van der Waals surface area contributed by atoms with E-state index in [1.165, 1.54) is 0 Å². The monoisotopic (exact) mass is 119 g/mol. The maximum absolute atomic E-state index is 10.3. The van der Waals surface area contributed by atoms with Gasteiger partial charge in [-0.3, -0.25) is 4.79 Å². The number of nitrogens with one attached hydrogen (secondary N) is 1. The highest BCUT2D eigenvalue weighted by Gasteiger charge is 2.25. The van der Waals surface area contributed by atoms with Crippen molar-refractivity contribution in [3.05, 3.63) is 0 Å². The lowest BCUT2D eigenvalue weighted by Gasteiger charge is -2.22. The Balaban J connectivity index is 2.29. The van der Waals surface area contributed by atoms with Crippen LogP contribution in [0.2, 0.25) is 0 Å². The summed E-state index contributed by atoms with van der Waals surface area (Å²) in [6.07, 6.45) is 0. The van der Waals surface area contributed by atoms with Crippen LogP contribution in [0.4, 0.5) is 0 Å². The van der Waals surface area contributed by atoms with Crippen molar-refractivity contribution >= 4 is 17.5 Å². The number of hydrogen-bond acceptors (Lipinski definition) is 1. The SMILES string of the molecule is O=C1NCC1CCl. The lowest BCUT2D eigenvalue weighted by molar-refractivity contribution is -0.130. The topological polar surface area (TPSA) is 29.1 Å². The Morgan fingerprint density at radius 2 is 2.71 bits per heavy atom. The normalized spacial score (nSPS) is 28.7. The summed E-state index contributed by atoms with van der Waals surface area (Å²) in [4.78, 5) is 10.3. The summed E-state index contributed by atoms with van der Waals surface area (Å²) in [5.41, 5.74) is 0. The summed E-state index contributed by atoms with van der Waals surface area (Å²) >= 11 is 5.34. The summed E-state index contributed by atoms with van der Waals surface area (Å²) in [6, 6.07) is 0. The van der Waals surface area contributed by atoms with Crippen LogP contribution < -0.4 is 5.32 Å². The van der Waals surface area contributed by atoms with E-state index in [1.54, 1.807) is 0 Å². The summed E-state index contributed by atoms with van der Waals surface area (Å²) in [7, 11) is 0. The molecule has 0 radical (unpaired) electrons. The number of alkyl halides is 1. The standard InChI is InChI=1S/C4H6ClNO/c5-1-3-2-6-4(3)7/h3H,1-2H2,(H,6,7). The molecule has 7 heavy (non-hydrogen) atoms. The molecule has 3 heteroatoms. The molecular weight excluding hydrogens is 114 g/mol. The van der Waals surface area contributed by atoms with Crippen molar-refractivity contribution in [2.75, 3.05) is 12.4 Å². The van der Waals surface area contributed by atoms with E-state index in [-0.39, 0.29) is 11.8 Å². The molecule has 1 atom stereocenters. The van der Waals surface area contributed by atoms with Gasteiger partial charge in [-0.2, -0.15) is 0 Å². The van der Waals surface area contributed by atoms with E-state index in [0.29, 0.717) is 5.88 Å². The third-order valence-electron chi connectivity index (χ3n) is 1.08. The summed E-state index contributed by atoms with van der Waals surface area (Å²) in [6.45, 7) is 0.766. The molecule has 0 aromatic rings. The zero-order valence-electron chi connectivity index (χ0n) is 3.78. The Hall–Kier alpha value is -0.240. The van der Waals surface area contributed by atoms with Gasteiger partial charge in [-0.25, -0.2) is 0 Å². The molecule has 2 nitrogen and oxygen atoms in total. The van der Waals surface area contributed by atoms with Crippen molar-refractivity contribution in [3.8, 4) is 0 Å². The van der Waals surface area contributed by atoms with Crippen LogP contribution in [-0.2, 0) is 4.79 Å². The first-order chi connectivity index (χ1) is 3.34. The van der Waals surface area contributed by atoms with Gasteiger partial charge in [0.2, 0.25) is 5.91 Å². The van der Waals surface area contributed by atoms with E-state index in [9.17, 15) is 4.79 Å².